The van der Waals surface area contributed by atoms with Crippen LogP contribution >= 0.6 is 0 Å². The topological polar surface area (TPSA) is 15.3 Å². The molecule has 0 aliphatic heterocycles. The van der Waals surface area contributed by atoms with E-state index in [0.717, 1.165) is 12.1 Å². The molecule has 0 amide bonds. The molecule has 0 saturated heterocycles. The van der Waals surface area contributed by atoms with Crippen LogP contribution in [0.2, 0.25) is 0 Å². The maximum Gasteiger partial charge on any atom is 0.0417 e. The lowest BCUT2D eigenvalue weighted by atomic mass is 10.0. The Morgan fingerprint density at radius 3 is 2.35 bits per heavy atom. The zero-order valence-corrected chi connectivity index (χ0v) is 16.0. The third-order valence-corrected chi connectivity index (χ3v) is 5.45. The number of aryl methyl sites for hydroxylation is 1. The first-order valence-electron chi connectivity index (χ1n) is 9.34. The van der Waals surface area contributed by atoms with E-state index in [4.69, 9.17) is 0 Å². The highest BCUT2D eigenvalue weighted by Crippen LogP contribution is 2.41. The Morgan fingerprint density at radius 2 is 1.62 bits per heavy atom. The molecule has 3 aromatic rings. The Hall–Kier alpha value is -2.74. The van der Waals surface area contributed by atoms with Crippen molar-refractivity contribution in [2.24, 2.45) is 0 Å². The van der Waals surface area contributed by atoms with Crippen LogP contribution in [0.5, 0.6) is 0 Å². The number of anilines is 3. The van der Waals surface area contributed by atoms with Crippen molar-refractivity contribution in [3.05, 3.63) is 77.4 Å². The van der Waals surface area contributed by atoms with E-state index in [9.17, 15) is 0 Å². The van der Waals surface area contributed by atoms with Crippen LogP contribution < -0.4 is 10.2 Å². The van der Waals surface area contributed by atoms with Gasteiger partial charge in [0, 0.05) is 30.2 Å². The number of hydrogen-bond donors (Lipinski definition) is 1. The van der Waals surface area contributed by atoms with E-state index in [-0.39, 0.29) is 0 Å². The molecular weight excluding hydrogens is 316 g/mol. The summed E-state index contributed by atoms with van der Waals surface area (Å²) in [6.07, 6.45) is 1.01. The summed E-state index contributed by atoms with van der Waals surface area (Å²) in [5.41, 5.74) is 10.5. The Balaban J connectivity index is 1.70. The van der Waals surface area contributed by atoms with Crippen LogP contribution in [0.15, 0.2) is 60.7 Å². The molecule has 0 saturated carbocycles. The molecule has 0 radical (unpaired) electrons. The SMILES string of the molecule is Cc1cc2c(cc1Nc1ccccc1)Cc1ccc(N(C)C(C)C)cc1-2. The molecule has 0 heterocycles. The molecule has 0 fully saturated rings. The van der Waals surface area contributed by atoms with Crippen LogP contribution in [0.4, 0.5) is 17.1 Å². The highest BCUT2D eigenvalue weighted by Gasteiger charge is 2.21. The van der Waals surface area contributed by atoms with Gasteiger partial charge in [0.1, 0.15) is 0 Å². The molecule has 3 aromatic carbocycles. The van der Waals surface area contributed by atoms with Crippen molar-refractivity contribution in [1.82, 2.24) is 0 Å². The molecule has 26 heavy (non-hydrogen) atoms. The maximum atomic E-state index is 3.56. The van der Waals surface area contributed by atoms with Gasteiger partial charge < -0.3 is 10.2 Å². The van der Waals surface area contributed by atoms with E-state index in [1.165, 1.54) is 39.2 Å². The highest BCUT2D eigenvalue weighted by atomic mass is 15.1. The summed E-state index contributed by atoms with van der Waals surface area (Å²) in [5, 5.41) is 3.56. The lowest BCUT2D eigenvalue weighted by Gasteiger charge is -2.24. The number of rotatable bonds is 4. The Morgan fingerprint density at radius 1 is 0.885 bits per heavy atom. The fraction of sp³-hybridized carbons (Fsp3) is 0.250. The van der Waals surface area contributed by atoms with Crippen molar-refractivity contribution < 1.29 is 0 Å². The quantitative estimate of drug-likeness (QED) is 0.478. The predicted octanol–water partition coefficient (Wildman–Crippen LogP) is 6.15. The van der Waals surface area contributed by atoms with E-state index in [1.807, 2.05) is 6.07 Å². The molecule has 1 N–H and O–H groups in total. The summed E-state index contributed by atoms with van der Waals surface area (Å²) in [5.74, 6) is 0. The first kappa shape index (κ1) is 16.7. The monoisotopic (exact) mass is 342 g/mol. The third-order valence-electron chi connectivity index (χ3n) is 5.45. The average molecular weight is 342 g/mol. The number of para-hydroxylation sites is 1. The lowest BCUT2D eigenvalue weighted by molar-refractivity contribution is 0.755. The largest absolute Gasteiger partial charge is 0.372 e. The van der Waals surface area contributed by atoms with Gasteiger partial charge in [-0.05, 0) is 91.4 Å². The summed E-state index contributed by atoms with van der Waals surface area (Å²) in [6, 6.07) is 22.4. The first-order valence-corrected chi connectivity index (χ1v) is 9.34. The molecule has 1 aliphatic carbocycles. The Bertz CT molecular complexity index is 942. The minimum absolute atomic E-state index is 0.494. The Labute approximate surface area is 156 Å². The van der Waals surface area contributed by atoms with Crippen LogP contribution in [-0.2, 0) is 6.42 Å². The number of hydrogen-bond acceptors (Lipinski definition) is 2. The molecule has 1 aliphatic rings. The van der Waals surface area contributed by atoms with Crippen molar-refractivity contribution in [2.75, 3.05) is 17.3 Å². The van der Waals surface area contributed by atoms with Gasteiger partial charge in [0.15, 0.2) is 0 Å². The molecule has 0 bridgehead atoms. The fourth-order valence-corrected chi connectivity index (χ4v) is 3.65. The number of nitrogens with one attached hydrogen (secondary N) is 1. The molecular formula is C24H26N2. The van der Waals surface area contributed by atoms with Crippen LogP contribution in [-0.4, -0.2) is 13.1 Å². The second-order valence-corrected chi connectivity index (χ2v) is 7.54. The second-order valence-electron chi connectivity index (χ2n) is 7.54. The van der Waals surface area contributed by atoms with Crippen LogP contribution in [0, 0.1) is 6.92 Å². The van der Waals surface area contributed by atoms with Gasteiger partial charge in [-0.25, -0.2) is 0 Å². The number of benzene rings is 3. The molecule has 0 aromatic heterocycles. The normalized spacial score (nSPS) is 12.0. The van der Waals surface area contributed by atoms with E-state index in [2.05, 4.69) is 92.6 Å². The minimum atomic E-state index is 0.494. The fourth-order valence-electron chi connectivity index (χ4n) is 3.65. The van der Waals surface area contributed by atoms with Gasteiger partial charge in [0.25, 0.3) is 0 Å². The van der Waals surface area contributed by atoms with Crippen molar-refractivity contribution in [3.63, 3.8) is 0 Å². The lowest BCUT2D eigenvalue weighted by Crippen LogP contribution is -2.25. The molecule has 4 rings (SSSR count). The summed E-state index contributed by atoms with van der Waals surface area (Å²) < 4.78 is 0. The van der Waals surface area contributed by atoms with Crippen molar-refractivity contribution in [1.29, 1.82) is 0 Å². The number of fused-ring (bicyclic) bond motifs is 3. The summed E-state index contributed by atoms with van der Waals surface area (Å²) in [6.45, 7) is 6.65. The van der Waals surface area contributed by atoms with E-state index in [1.54, 1.807) is 0 Å². The van der Waals surface area contributed by atoms with Gasteiger partial charge in [-0.1, -0.05) is 24.3 Å². The smallest absolute Gasteiger partial charge is 0.0417 e. The zero-order chi connectivity index (χ0) is 18.3. The summed E-state index contributed by atoms with van der Waals surface area (Å²) in [4.78, 5) is 2.33. The van der Waals surface area contributed by atoms with Crippen molar-refractivity contribution in [2.45, 2.75) is 33.2 Å². The van der Waals surface area contributed by atoms with Gasteiger partial charge in [-0.3, -0.25) is 0 Å². The zero-order valence-electron chi connectivity index (χ0n) is 16.0. The van der Waals surface area contributed by atoms with Crippen molar-refractivity contribution >= 4 is 17.1 Å². The van der Waals surface area contributed by atoms with Crippen LogP contribution in [0.3, 0.4) is 0 Å². The molecule has 0 atom stereocenters. The highest BCUT2D eigenvalue weighted by molar-refractivity contribution is 5.83. The third kappa shape index (κ3) is 2.96. The molecule has 0 unspecified atom stereocenters. The summed E-state index contributed by atoms with van der Waals surface area (Å²) >= 11 is 0. The molecule has 132 valence electrons. The van der Waals surface area contributed by atoms with E-state index >= 15 is 0 Å². The van der Waals surface area contributed by atoms with Crippen LogP contribution in [0.25, 0.3) is 11.1 Å². The molecule has 2 heteroatoms. The van der Waals surface area contributed by atoms with Crippen molar-refractivity contribution in [3.8, 4) is 11.1 Å². The molecule has 2 nitrogen and oxygen atoms in total. The average Bonchev–Trinajstić information content (AvgIpc) is 2.99. The van der Waals surface area contributed by atoms with E-state index in [0.29, 0.717) is 6.04 Å². The van der Waals surface area contributed by atoms with E-state index < -0.39 is 0 Å². The minimum Gasteiger partial charge on any atom is -0.372 e. The Kier molecular flexibility index (Phi) is 4.20. The van der Waals surface area contributed by atoms with Crippen LogP contribution in [0.1, 0.15) is 30.5 Å². The predicted molar refractivity (Wildman–Crippen MR) is 113 cm³/mol. The second kappa shape index (κ2) is 6.53. The van der Waals surface area contributed by atoms with Gasteiger partial charge in [-0.2, -0.15) is 0 Å². The van der Waals surface area contributed by atoms with Gasteiger partial charge in [0.2, 0.25) is 0 Å². The van der Waals surface area contributed by atoms with Gasteiger partial charge >= 0.3 is 0 Å². The van der Waals surface area contributed by atoms with Gasteiger partial charge in [-0.15, -0.1) is 0 Å². The first-order chi connectivity index (χ1) is 12.5. The summed E-state index contributed by atoms with van der Waals surface area (Å²) in [7, 11) is 2.17. The van der Waals surface area contributed by atoms with Gasteiger partial charge in [0.05, 0.1) is 0 Å². The standard InChI is InChI=1S/C24H26N2/c1-16(2)26(4)21-11-10-18-13-19-14-24(25-20-8-6-5-7-9-20)17(3)12-22(19)23(18)15-21/h5-12,14-16,25H,13H2,1-4H3. The maximum absolute atomic E-state index is 3.56. The number of nitrogens with zero attached hydrogens (tertiary/aromatic N) is 1. The molecule has 0 spiro atoms.